The number of ether oxygens (including phenoxy) is 1. The lowest BCUT2D eigenvalue weighted by Gasteiger charge is -2.30. The number of aromatic nitrogens is 1. The molecule has 2 saturated heterocycles. The number of carbonyl (C=O) groups excluding carboxylic acids is 1. The van der Waals surface area contributed by atoms with Crippen LogP contribution in [0, 0.1) is 23.2 Å². The standard InChI is InChI=1S/C22H22Cl2N4O2/c1-13(30-21-5-2-14(7-25)8-27-21)17-11-28(22(29)16-9-26-10-16)12-18(17)15-3-4-19(23)20(24)6-15/h2-6,8,13,16-18,26H,9-12H2,1H3. The minimum Gasteiger partial charge on any atom is -0.474 e. The average molecular weight is 445 g/mol. The lowest BCUT2D eigenvalue weighted by atomic mass is 9.86. The largest absolute Gasteiger partial charge is 0.474 e. The molecule has 0 aliphatic carbocycles. The smallest absolute Gasteiger partial charge is 0.228 e. The normalized spacial score (nSPS) is 22.3. The summed E-state index contributed by atoms with van der Waals surface area (Å²) in [5, 5.41) is 13.1. The van der Waals surface area contributed by atoms with E-state index in [-0.39, 0.29) is 29.8 Å². The molecular formula is C22H22Cl2N4O2. The third-order valence-corrected chi connectivity index (χ3v) is 6.69. The Hall–Kier alpha value is -2.33. The molecule has 0 radical (unpaired) electrons. The highest BCUT2D eigenvalue weighted by molar-refractivity contribution is 6.42. The SMILES string of the molecule is CC(Oc1ccc(C#N)cn1)C1CN(C(=O)C2CNC2)CC1c1ccc(Cl)c(Cl)c1. The monoisotopic (exact) mass is 444 g/mol. The summed E-state index contributed by atoms with van der Waals surface area (Å²) in [6, 6.07) is 11.1. The zero-order valence-electron chi connectivity index (χ0n) is 16.5. The van der Waals surface area contributed by atoms with Crippen molar-refractivity contribution in [1.29, 1.82) is 5.26 Å². The van der Waals surface area contributed by atoms with Crippen LogP contribution >= 0.6 is 23.2 Å². The topological polar surface area (TPSA) is 78.2 Å². The first-order valence-electron chi connectivity index (χ1n) is 9.93. The number of pyridine rings is 1. The fraction of sp³-hybridized carbons (Fsp3) is 0.409. The van der Waals surface area contributed by atoms with Gasteiger partial charge >= 0.3 is 0 Å². The first-order valence-corrected chi connectivity index (χ1v) is 10.7. The van der Waals surface area contributed by atoms with Gasteiger partial charge in [-0.15, -0.1) is 0 Å². The predicted molar refractivity (Wildman–Crippen MR) is 115 cm³/mol. The van der Waals surface area contributed by atoms with Crippen LogP contribution in [0.3, 0.4) is 0 Å². The Morgan fingerprint density at radius 2 is 2.07 bits per heavy atom. The van der Waals surface area contributed by atoms with Gasteiger partial charge in [-0.1, -0.05) is 29.3 Å². The summed E-state index contributed by atoms with van der Waals surface area (Å²) in [6.45, 7) is 4.69. The van der Waals surface area contributed by atoms with Crippen LogP contribution in [0.25, 0.3) is 0 Å². The molecule has 0 bridgehead atoms. The molecule has 6 nitrogen and oxygen atoms in total. The van der Waals surface area contributed by atoms with Crippen molar-refractivity contribution in [3.8, 4) is 11.9 Å². The lowest BCUT2D eigenvalue weighted by molar-refractivity contribution is -0.136. The maximum Gasteiger partial charge on any atom is 0.228 e. The van der Waals surface area contributed by atoms with E-state index in [1.807, 2.05) is 24.0 Å². The van der Waals surface area contributed by atoms with Crippen LogP contribution in [0.4, 0.5) is 0 Å². The van der Waals surface area contributed by atoms with Crippen LogP contribution in [-0.4, -0.2) is 48.1 Å². The summed E-state index contributed by atoms with van der Waals surface area (Å²) in [5.74, 6) is 0.837. The van der Waals surface area contributed by atoms with Crippen LogP contribution in [0.2, 0.25) is 10.0 Å². The molecule has 3 atom stereocenters. The van der Waals surface area contributed by atoms with Crippen molar-refractivity contribution in [2.45, 2.75) is 18.9 Å². The van der Waals surface area contributed by atoms with E-state index < -0.39 is 0 Å². The Bertz CT molecular complexity index is 972. The van der Waals surface area contributed by atoms with Gasteiger partial charge in [0.25, 0.3) is 0 Å². The Balaban J connectivity index is 1.56. The molecule has 1 aromatic carbocycles. The van der Waals surface area contributed by atoms with E-state index in [4.69, 9.17) is 33.2 Å². The van der Waals surface area contributed by atoms with Gasteiger partial charge in [-0.2, -0.15) is 5.26 Å². The molecule has 0 spiro atoms. The van der Waals surface area contributed by atoms with Gasteiger partial charge in [-0.05, 0) is 30.7 Å². The first kappa shape index (κ1) is 20.9. The molecule has 156 valence electrons. The van der Waals surface area contributed by atoms with Crippen LogP contribution in [0.1, 0.15) is 24.0 Å². The van der Waals surface area contributed by atoms with E-state index in [0.29, 0.717) is 34.6 Å². The highest BCUT2D eigenvalue weighted by atomic mass is 35.5. The number of nitriles is 1. The van der Waals surface area contributed by atoms with Crippen LogP contribution < -0.4 is 10.1 Å². The summed E-state index contributed by atoms with van der Waals surface area (Å²) >= 11 is 12.4. The van der Waals surface area contributed by atoms with E-state index in [1.165, 1.54) is 6.20 Å². The molecule has 1 amide bonds. The summed E-state index contributed by atoms with van der Waals surface area (Å²) < 4.78 is 6.10. The van der Waals surface area contributed by atoms with E-state index >= 15 is 0 Å². The summed E-state index contributed by atoms with van der Waals surface area (Å²) in [6.07, 6.45) is 1.30. The van der Waals surface area contributed by atoms with Gasteiger partial charge in [0, 0.05) is 50.3 Å². The number of carbonyl (C=O) groups is 1. The molecule has 1 aromatic heterocycles. The lowest BCUT2D eigenvalue weighted by Crippen LogP contribution is -2.51. The zero-order chi connectivity index (χ0) is 21.3. The Morgan fingerprint density at radius 3 is 2.67 bits per heavy atom. The molecule has 8 heteroatoms. The van der Waals surface area contributed by atoms with Crippen LogP contribution in [0.15, 0.2) is 36.5 Å². The molecular weight excluding hydrogens is 423 g/mol. The molecule has 2 aliphatic heterocycles. The third kappa shape index (κ3) is 4.24. The Kier molecular flexibility index (Phi) is 6.14. The number of likely N-dealkylation sites (tertiary alicyclic amines) is 1. The molecule has 1 N–H and O–H groups in total. The Labute approximate surface area is 185 Å². The summed E-state index contributed by atoms with van der Waals surface area (Å²) in [5.41, 5.74) is 1.52. The number of nitrogens with one attached hydrogen (secondary N) is 1. The molecule has 4 rings (SSSR count). The number of benzene rings is 1. The van der Waals surface area contributed by atoms with Crippen molar-refractivity contribution in [2.24, 2.45) is 11.8 Å². The van der Waals surface area contributed by atoms with Crippen molar-refractivity contribution in [2.75, 3.05) is 26.2 Å². The summed E-state index contributed by atoms with van der Waals surface area (Å²) in [4.78, 5) is 19.0. The average Bonchev–Trinajstić information content (AvgIpc) is 3.15. The molecule has 2 aromatic rings. The molecule has 2 fully saturated rings. The van der Waals surface area contributed by atoms with Crippen molar-refractivity contribution in [1.82, 2.24) is 15.2 Å². The van der Waals surface area contributed by atoms with Crippen molar-refractivity contribution in [3.05, 3.63) is 57.7 Å². The van der Waals surface area contributed by atoms with Gasteiger partial charge in [0.15, 0.2) is 0 Å². The zero-order valence-corrected chi connectivity index (χ0v) is 18.0. The van der Waals surface area contributed by atoms with E-state index in [9.17, 15) is 4.79 Å². The maximum atomic E-state index is 12.9. The highest BCUT2D eigenvalue weighted by Crippen LogP contribution is 2.38. The van der Waals surface area contributed by atoms with Crippen molar-refractivity contribution >= 4 is 29.1 Å². The third-order valence-electron chi connectivity index (χ3n) is 5.95. The fourth-order valence-corrected chi connectivity index (χ4v) is 4.40. The van der Waals surface area contributed by atoms with Gasteiger partial charge in [0.2, 0.25) is 11.8 Å². The number of amides is 1. The maximum absolute atomic E-state index is 12.9. The van der Waals surface area contributed by atoms with E-state index in [2.05, 4.69) is 16.4 Å². The second-order valence-corrected chi connectivity index (χ2v) is 8.68. The first-order chi connectivity index (χ1) is 14.5. The van der Waals surface area contributed by atoms with Crippen molar-refractivity contribution in [3.63, 3.8) is 0 Å². The molecule has 30 heavy (non-hydrogen) atoms. The minimum atomic E-state index is -0.192. The number of rotatable bonds is 5. The Morgan fingerprint density at radius 1 is 1.27 bits per heavy atom. The molecule has 0 saturated carbocycles. The minimum absolute atomic E-state index is 0.0506. The molecule has 2 aliphatic rings. The summed E-state index contributed by atoms with van der Waals surface area (Å²) in [7, 11) is 0. The van der Waals surface area contributed by atoms with Gasteiger partial charge in [-0.25, -0.2) is 4.98 Å². The predicted octanol–water partition coefficient (Wildman–Crippen LogP) is 3.49. The van der Waals surface area contributed by atoms with Gasteiger partial charge < -0.3 is 15.0 Å². The second-order valence-electron chi connectivity index (χ2n) is 7.86. The number of hydrogen-bond donors (Lipinski definition) is 1. The van der Waals surface area contributed by atoms with Crippen molar-refractivity contribution < 1.29 is 9.53 Å². The van der Waals surface area contributed by atoms with Gasteiger partial charge in [0.05, 0.1) is 21.5 Å². The number of hydrogen-bond acceptors (Lipinski definition) is 5. The second kappa shape index (κ2) is 8.81. The van der Waals surface area contributed by atoms with E-state index in [0.717, 1.165) is 18.7 Å². The van der Waals surface area contributed by atoms with E-state index in [1.54, 1.807) is 18.2 Å². The molecule has 3 heterocycles. The highest BCUT2D eigenvalue weighted by Gasteiger charge is 2.42. The van der Waals surface area contributed by atoms with Crippen LogP contribution in [-0.2, 0) is 4.79 Å². The fourth-order valence-electron chi connectivity index (χ4n) is 4.10. The quantitative estimate of drug-likeness (QED) is 0.763. The number of halogens is 2. The van der Waals surface area contributed by atoms with Crippen LogP contribution in [0.5, 0.6) is 5.88 Å². The van der Waals surface area contributed by atoms with Gasteiger partial charge in [0.1, 0.15) is 12.2 Å². The van der Waals surface area contributed by atoms with Gasteiger partial charge in [-0.3, -0.25) is 4.79 Å². The molecule has 3 unspecified atom stereocenters. The number of nitrogens with zero attached hydrogens (tertiary/aromatic N) is 3.